The van der Waals surface area contributed by atoms with Gasteiger partial charge in [-0.3, -0.25) is 4.79 Å². The molecule has 1 aromatic carbocycles. The number of thiocarbonyl (C=S) groups is 1. The third-order valence-electron chi connectivity index (χ3n) is 4.01. The highest BCUT2D eigenvalue weighted by Crippen LogP contribution is 2.37. The number of amides is 1. The Kier molecular flexibility index (Phi) is 5.00. The molecular formula is C15H19ClN2OS. The molecule has 0 spiro atoms. The summed E-state index contributed by atoms with van der Waals surface area (Å²) < 4.78 is 0. The molecule has 0 saturated heterocycles. The highest BCUT2D eigenvalue weighted by molar-refractivity contribution is 7.80. The van der Waals surface area contributed by atoms with Crippen LogP contribution >= 0.6 is 23.8 Å². The maximum absolute atomic E-state index is 12.5. The highest BCUT2D eigenvalue weighted by Gasteiger charge is 2.42. The summed E-state index contributed by atoms with van der Waals surface area (Å²) in [6.45, 7) is 0.406. The Labute approximate surface area is 129 Å². The Bertz CT molecular complexity index is 512. The zero-order chi connectivity index (χ0) is 14.6. The number of nitrogens with one attached hydrogen (secondary N) is 1. The predicted octanol–water partition coefficient (Wildman–Crippen LogP) is 3.19. The molecule has 1 aliphatic carbocycles. The maximum atomic E-state index is 12.5. The van der Waals surface area contributed by atoms with E-state index in [0.717, 1.165) is 37.7 Å². The second kappa shape index (κ2) is 6.55. The van der Waals surface area contributed by atoms with Crippen LogP contribution in [0, 0.1) is 5.41 Å². The lowest BCUT2D eigenvalue weighted by atomic mass is 9.73. The van der Waals surface area contributed by atoms with Gasteiger partial charge in [-0.05, 0) is 24.5 Å². The first-order valence-electron chi connectivity index (χ1n) is 6.88. The summed E-state index contributed by atoms with van der Waals surface area (Å²) in [5.74, 6) is -0.0652. The Morgan fingerprint density at radius 1 is 1.30 bits per heavy atom. The van der Waals surface area contributed by atoms with Crippen LogP contribution in [0.2, 0.25) is 5.02 Å². The number of carbonyl (C=O) groups excluding carboxylic acids is 1. The summed E-state index contributed by atoms with van der Waals surface area (Å²) in [5, 5.41) is 3.59. The summed E-state index contributed by atoms with van der Waals surface area (Å²) in [5.41, 5.74) is 6.07. The first-order valence-corrected chi connectivity index (χ1v) is 7.66. The molecule has 0 unspecified atom stereocenters. The molecule has 0 aliphatic heterocycles. The van der Waals surface area contributed by atoms with Crippen LogP contribution in [-0.4, -0.2) is 10.9 Å². The Morgan fingerprint density at radius 3 is 2.55 bits per heavy atom. The fourth-order valence-corrected chi connectivity index (χ4v) is 3.23. The second-order valence-electron chi connectivity index (χ2n) is 5.28. The average molecular weight is 311 g/mol. The number of carbonyl (C=O) groups is 1. The molecule has 1 amide bonds. The van der Waals surface area contributed by atoms with Gasteiger partial charge in [-0.1, -0.05) is 61.3 Å². The standard InChI is InChI=1S/C15H19ClN2OS/c16-12-7-3-2-6-11(12)10-18-14(19)15(13(17)20)8-4-1-5-9-15/h2-3,6-7H,1,4-5,8-10H2,(H2,17,20)(H,18,19). The van der Waals surface area contributed by atoms with Gasteiger partial charge in [-0.25, -0.2) is 0 Å². The molecule has 3 N–H and O–H groups in total. The predicted molar refractivity (Wildman–Crippen MR) is 85.6 cm³/mol. The summed E-state index contributed by atoms with van der Waals surface area (Å²) in [7, 11) is 0. The van der Waals surface area contributed by atoms with Gasteiger partial charge in [0, 0.05) is 11.6 Å². The monoisotopic (exact) mass is 310 g/mol. The molecule has 20 heavy (non-hydrogen) atoms. The van der Waals surface area contributed by atoms with Crippen LogP contribution in [0.1, 0.15) is 37.7 Å². The molecular weight excluding hydrogens is 292 g/mol. The highest BCUT2D eigenvalue weighted by atomic mass is 35.5. The van der Waals surface area contributed by atoms with Crippen molar-refractivity contribution in [3.8, 4) is 0 Å². The summed E-state index contributed by atoms with van der Waals surface area (Å²) in [6, 6.07) is 7.48. The van der Waals surface area contributed by atoms with E-state index >= 15 is 0 Å². The topological polar surface area (TPSA) is 55.1 Å². The second-order valence-corrected chi connectivity index (χ2v) is 6.13. The van der Waals surface area contributed by atoms with Crippen molar-refractivity contribution in [3.63, 3.8) is 0 Å². The van der Waals surface area contributed by atoms with Crippen molar-refractivity contribution >= 4 is 34.7 Å². The summed E-state index contributed by atoms with van der Waals surface area (Å²) in [4.78, 5) is 12.8. The number of rotatable bonds is 4. The number of hydrogen-bond acceptors (Lipinski definition) is 2. The number of hydrogen-bond donors (Lipinski definition) is 2. The molecule has 0 radical (unpaired) electrons. The van der Waals surface area contributed by atoms with Crippen LogP contribution in [0.15, 0.2) is 24.3 Å². The van der Waals surface area contributed by atoms with E-state index in [2.05, 4.69) is 5.32 Å². The van der Waals surface area contributed by atoms with Crippen LogP contribution in [0.5, 0.6) is 0 Å². The van der Waals surface area contributed by atoms with Gasteiger partial charge >= 0.3 is 0 Å². The third kappa shape index (κ3) is 3.13. The van der Waals surface area contributed by atoms with Gasteiger partial charge in [0.05, 0.1) is 10.4 Å². The minimum atomic E-state index is -0.672. The van der Waals surface area contributed by atoms with Gasteiger partial charge < -0.3 is 11.1 Å². The van der Waals surface area contributed by atoms with Crippen molar-refractivity contribution < 1.29 is 4.79 Å². The quantitative estimate of drug-likeness (QED) is 0.840. The van der Waals surface area contributed by atoms with Crippen molar-refractivity contribution in [3.05, 3.63) is 34.9 Å². The summed E-state index contributed by atoms with van der Waals surface area (Å²) >= 11 is 11.2. The number of benzene rings is 1. The maximum Gasteiger partial charge on any atom is 0.233 e. The van der Waals surface area contributed by atoms with E-state index in [9.17, 15) is 4.79 Å². The molecule has 5 heteroatoms. The first-order chi connectivity index (χ1) is 9.56. The van der Waals surface area contributed by atoms with E-state index in [4.69, 9.17) is 29.6 Å². The fraction of sp³-hybridized carbons (Fsp3) is 0.467. The molecule has 0 atom stereocenters. The first kappa shape index (κ1) is 15.3. The fourth-order valence-electron chi connectivity index (χ4n) is 2.73. The van der Waals surface area contributed by atoms with E-state index in [-0.39, 0.29) is 5.91 Å². The van der Waals surface area contributed by atoms with Crippen molar-refractivity contribution in [2.75, 3.05) is 0 Å². The van der Waals surface area contributed by atoms with E-state index in [1.165, 1.54) is 0 Å². The zero-order valence-electron chi connectivity index (χ0n) is 11.3. The smallest absolute Gasteiger partial charge is 0.233 e. The van der Waals surface area contributed by atoms with Crippen molar-refractivity contribution in [2.45, 2.75) is 38.6 Å². The van der Waals surface area contributed by atoms with Crippen LogP contribution in [0.25, 0.3) is 0 Å². The molecule has 1 aliphatic rings. The lowest BCUT2D eigenvalue weighted by molar-refractivity contribution is -0.129. The number of nitrogens with two attached hydrogens (primary N) is 1. The Morgan fingerprint density at radius 2 is 1.95 bits per heavy atom. The molecule has 3 nitrogen and oxygen atoms in total. The lowest BCUT2D eigenvalue weighted by Crippen LogP contribution is -2.49. The molecule has 1 fully saturated rings. The minimum Gasteiger partial charge on any atom is -0.392 e. The Balaban J connectivity index is 2.06. The van der Waals surface area contributed by atoms with Crippen molar-refractivity contribution in [1.29, 1.82) is 0 Å². The zero-order valence-corrected chi connectivity index (χ0v) is 12.9. The molecule has 0 aromatic heterocycles. The van der Waals surface area contributed by atoms with Gasteiger partial charge in [-0.15, -0.1) is 0 Å². The SMILES string of the molecule is NC(=S)C1(C(=O)NCc2ccccc2Cl)CCCCC1. The molecule has 0 bridgehead atoms. The molecule has 2 rings (SSSR count). The largest absolute Gasteiger partial charge is 0.392 e. The van der Waals surface area contributed by atoms with Gasteiger partial charge in [0.25, 0.3) is 0 Å². The van der Waals surface area contributed by atoms with Crippen molar-refractivity contribution in [2.24, 2.45) is 11.1 Å². The van der Waals surface area contributed by atoms with Crippen LogP contribution < -0.4 is 11.1 Å². The van der Waals surface area contributed by atoms with Gasteiger partial charge in [0.2, 0.25) is 5.91 Å². The van der Waals surface area contributed by atoms with E-state index < -0.39 is 5.41 Å². The summed E-state index contributed by atoms with van der Waals surface area (Å²) in [6.07, 6.45) is 4.63. The normalized spacial score (nSPS) is 17.4. The van der Waals surface area contributed by atoms with E-state index in [1.54, 1.807) is 0 Å². The molecule has 108 valence electrons. The van der Waals surface area contributed by atoms with E-state index in [0.29, 0.717) is 16.6 Å². The molecule has 1 aromatic rings. The van der Waals surface area contributed by atoms with Crippen LogP contribution in [0.3, 0.4) is 0 Å². The third-order valence-corrected chi connectivity index (χ3v) is 4.77. The van der Waals surface area contributed by atoms with E-state index in [1.807, 2.05) is 24.3 Å². The van der Waals surface area contributed by atoms with Gasteiger partial charge in [0.15, 0.2) is 0 Å². The van der Waals surface area contributed by atoms with Crippen molar-refractivity contribution in [1.82, 2.24) is 5.32 Å². The minimum absolute atomic E-state index is 0.0652. The molecule has 1 saturated carbocycles. The van der Waals surface area contributed by atoms with Crippen LogP contribution in [0.4, 0.5) is 0 Å². The lowest BCUT2D eigenvalue weighted by Gasteiger charge is -2.34. The Hall–Kier alpha value is -1.13. The average Bonchev–Trinajstić information content (AvgIpc) is 2.46. The van der Waals surface area contributed by atoms with Crippen LogP contribution in [-0.2, 0) is 11.3 Å². The van der Waals surface area contributed by atoms with Gasteiger partial charge in [-0.2, -0.15) is 0 Å². The van der Waals surface area contributed by atoms with Gasteiger partial charge in [0.1, 0.15) is 0 Å². The number of halogens is 1. The molecule has 0 heterocycles.